The maximum absolute atomic E-state index is 14.0. The van der Waals surface area contributed by atoms with Crippen LogP contribution in [0.3, 0.4) is 0 Å². The van der Waals surface area contributed by atoms with Gasteiger partial charge in [-0.15, -0.1) is 0 Å². The van der Waals surface area contributed by atoms with Crippen LogP contribution in [0.25, 0.3) is 0 Å². The minimum absolute atomic E-state index is 0.224. The van der Waals surface area contributed by atoms with Crippen molar-refractivity contribution >= 4 is 16.3 Å². The Bertz CT molecular complexity index is 568. The molecule has 108 valence electrons. The first-order valence-electron chi connectivity index (χ1n) is 5.71. The minimum Gasteiger partial charge on any atom is -0.313 e. The van der Waals surface area contributed by atoms with Crippen molar-refractivity contribution in [3.8, 4) is 0 Å². The van der Waals surface area contributed by atoms with Crippen LogP contribution in [0.5, 0.6) is 0 Å². The number of alkyl halides is 1. The number of rotatable bonds is 6. The van der Waals surface area contributed by atoms with E-state index in [1.165, 1.54) is 26.0 Å². The topological polar surface area (TPSA) is 80.7 Å². The highest BCUT2D eigenvalue weighted by Gasteiger charge is 2.46. The number of hydrogen-bond donors (Lipinski definition) is 1. The van der Waals surface area contributed by atoms with Gasteiger partial charge in [-0.1, -0.05) is 32.0 Å². The second kappa shape index (κ2) is 5.71. The van der Waals surface area contributed by atoms with Crippen molar-refractivity contribution in [1.82, 2.24) is 0 Å². The molecule has 0 aliphatic rings. The molecule has 1 aromatic carbocycles. The molecule has 0 bridgehead atoms. The summed E-state index contributed by atoms with van der Waals surface area (Å²) in [6.07, 6.45) is -0.448. The lowest BCUT2D eigenvalue weighted by Crippen LogP contribution is -2.25. The fraction of sp³-hybridized carbons (Fsp3) is 0.455. The monoisotopic (exact) mass is 310 g/mol. The molecule has 19 heavy (non-hydrogen) atoms. The Kier molecular flexibility index (Phi) is 4.90. The molecule has 8 heteroatoms. The van der Waals surface area contributed by atoms with E-state index in [0.29, 0.717) is 0 Å². The van der Waals surface area contributed by atoms with Crippen LogP contribution in [0.2, 0.25) is 0 Å². The quantitative estimate of drug-likeness (QED) is 0.817. The van der Waals surface area contributed by atoms with Crippen molar-refractivity contribution in [2.45, 2.75) is 37.4 Å². The van der Waals surface area contributed by atoms with E-state index in [0.717, 1.165) is 12.1 Å². The lowest BCUT2D eigenvalue weighted by atomic mass is 10.2. The second-order valence-corrected chi connectivity index (χ2v) is 9.31. The average molecular weight is 310 g/mol. The molecule has 1 atom stereocenters. The zero-order chi connectivity index (χ0) is 14.7. The molecule has 0 radical (unpaired) electrons. The summed E-state index contributed by atoms with van der Waals surface area (Å²) in [5.74, 6) is -2.44. The molecule has 0 fully saturated rings. The molecule has 1 N–H and O–H groups in total. The van der Waals surface area contributed by atoms with Crippen LogP contribution in [0.4, 0.5) is 4.39 Å². The molecule has 0 saturated heterocycles. The third kappa shape index (κ3) is 3.42. The number of benzene rings is 1. The van der Waals surface area contributed by atoms with Gasteiger partial charge in [-0.25, -0.2) is 17.4 Å². The molecule has 0 aliphatic heterocycles. The summed E-state index contributed by atoms with van der Waals surface area (Å²) >= 11 is 0. The van der Waals surface area contributed by atoms with Gasteiger partial charge in [0, 0.05) is 12.8 Å². The zero-order valence-electron chi connectivity index (χ0n) is 10.6. The molecule has 0 amide bonds. The highest BCUT2D eigenvalue weighted by atomic mass is 32.8. The van der Waals surface area contributed by atoms with E-state index in [4.69, 9.17) is 0 Å². The molecule has 0 spiro atoms. The summed E-state index contributed by atoms with van der Waals surface area (Å²) in [6, 6.07) is 6.66. The van der Waals surface area contributed by atoms with Gasteiger partial charge in [0.25, 0.3) is 9.46 Å². The summed E-state index contributed by atoms with van der Waals surface area (Å²) in [4.78, 5) is 9.22. The first-order chi connectivity index (χ1) is 8.68. The van der Waals surface area contributed by atoms with E-state index in [2.05, 4.69) is 4.52 Å². The van der Waals surface area contributed by atoms with E-state index in [9.17, 15) is 22.3 Å². The number of hydrogen-bond acceptors (Lipinski definition) is 4. The molecular weight excluding hydrogens is 294 g/mol. The maximum Gasteiger partial charge on any atom is 0.449 e. The summed E-state index contributed by atoms with van der Waals surface area (Å²) in [5, 5.41) is 0. The van der Waals surface area contributed by atoms with Crippen molar-refractivity contribution in [2.75, 3.05) is 0 Å². The summed E-state index contributed by atoms with van der Waals surface area (Å²) in [7, 11) is -4.64. The van der Waals surface area contributed by atoms with Crippen molar-refractivity contribution in [2.24, 2.45) is 0 Å². The van der Waals surface area contributed by atoms with Gasteiger partial charge in [-0.3, -0.25) is 4.52 Å². The normalized spacial score (nSPS) is 16.0. The fourth-order valence-corrected chi connectivity index (χ4v) is 4.76. The predicted octanol–water partition coefficient (Wildman–Crippen LogP) is 3.06. The zero-order valence-corrected chi connectivity index (χ0v) is 12.3. The third-order valence-corrected chi connectivity index (χ3v) is 7.39. The molecule has 5 nitrogen and oxygen atoms in total. The summed E-state index contributed by atoms with van der Waals surface area (Å²) in [6.45, 7) is -2.37. The standard InChI is InChI=1S/C11H16FO5PS/c1-3-11(12,4-2)17-18(13,14)19(15,16)10-8-6-5-7-9-10/h5-9H,3-4H2,1-2H3,(H,13,14). The molecule has 0 aliphatic carbocycles. The van der Waals surface area contributed by atoms with Crippen LogP contribution < -0.4 is 0 Å². The molecule has 0 saturated carbocycles. The molecule has 1 unspecified atom stereocenters. The molecule has 1 aromatic rings. The molecule has 0 aromatic heterocycles. The largest absolute Gasteiger partial charge is 0.449 e. The van der Waals surface area contributed by atoms with Crippen molar-refractivity contribution in [3.05, 3.63) is 30.3 Å². The Balaban J connectivity index is 3.17. The van der Waals surface area contributed by atoms with E-state index in [1.54, 1.807) is 6.07 Å². The predicted molar refractivity (Wildman–Crippen MR) is 69.0 cm³/mol. The maximum atomic E-state index is 14.0. The van der Waals surface area contributed by atoms with Crippen LogP contribution >= 0.6 is 6.80 Å². The molecule has 0 heterocycles. The minimum atomic E-state index is -5.17. The van der Waals surface area contributed by atoms with Crippen molar-refractivity contribution < 1.29 is 26.8 Å². The first-order valence-corrected chi connectivity index (χ1v) is 9.38. The molecule has 1 rings (SSSR count). The first kappa shape index (κ1) is 16.3. The Morgan fingerprint density at radius 2 is 1.74 bits per heavy atom. The van der Waals surface area contributed by atoms with Gasteiger partial charge < -0.3 is 4.89 Å². The highest BCUT2D eigenvalue weighted by molar-refractivity contribution is 8.49. The Labute approximate surface area is 111 Å². The Morgan fingerprint density at radius 3 is 2.16 bits per heavy atom. The third-order valence-electron chi connectivity index (χ3n) is 2.68. The summed E-state index contributed by atoms with van der Waals surface area (Å²) < 4.78 is 54.2. The lowest BCUT2D eigenvalue weighted by molar-refractivity contribution is -0.0709. The van der Waals surface area contributed by atoms with Crippen molar-refractivity contribution in [1.29, 1.82) is 0 Å². The highest BCUT2D eigenvalue weighted by Crippen LogP contribution is 2.56. The van der Waals surface area contributed by atoms with Crippen LogP contribution in [0.1, 0.15) is 26.7 Å². The fourth-order valence-electron chi connectivity index (χ4n) is 1.36. The van der Waals surface area contributed by atoms with Gasteiger partial charge in [-0.05, 0) is 12.1 Å². The lowest BCUT2D eigenvalue weighted by Gasteiger charge is -2.25. The van der Waals surface area contributed by atoms with Gasteiger partial charge in [0.1, 0.15) is 0 Å². The van der Waals surface area contributed by atoms with E-state index < -0.39 is 22.1 Å². The molecular formula is C11H16FO5PS. The van der Waals surface area contributed by atoms with Crippen molar-refractivity contribution in [3.63, 3.8) is 0 Å². The van der Waals surface area contributed by atoms with Gasteiger partial charge in [0.2, 0.25) is 5.85 Å². The van der Waals surface area contributed by atoms with Gasteiger partial charge in [0.15, 0.2) is 0 Å². The Morgan fingerprint density at radius 1 is 1.26 bits per heavy atom. The summed E-state index contributed by atoms with van der Waals surface area (Å²) in [5.41, 5.74) is 0. The van der Waals surface area contributed by atoms with E-state index in [1.807, 2.05) is 0 Å². The Hall–Kier alpha value is -0.750. The van der Waals surface area contributed by atoms with Crippen LogP contribution in [-0.4, -0.2) is 19.2 Å². The SMILES string of the molecule is CCC(F)(CC)OP(=O)(O)S(=O)(=O)c1ccccc1. The van der Waals surface area contributed by atoms with Crippen LogP contribution in [-0.2, 0) is 18.5 Å². The number of halogens is 1. The van der Waals surface area contributed by atoms with E-state index >= 15 is 0 Å². The van der Waals surface area contributed by atoms with Gasteiger partial charge in [0.05, 0.1) is 4.90 Å². The van der Waals surface area contributed by atoms with E-state index in [-0.39, 0.29) is 17.7 Å². The van der Waals surface area contributed by atoms with Crippen LogP contribution in [0.15, 0.2) is 35.2 Å². The van der Waals surface area contributed by atoms with Gasteiger partial charge in [-0.2, -0.15) is 0 Å². The average Bonchev–Trinajstić information content (AvgIpc) is 2.39. The smallest absolute Gasteiger partial charge is 0.313 e. The van der Waals surface area contributed by atoms with Crippen LogP contribution in [0, 0.1) is 0 Å². The second-order valence-electron chi connectivity index (χ2n) is 3.94. The van der Waals surface area contributed by atoms with Gasteiger partial charge >= 0.3 is 6.80 Å².